The van der Waals surface area contributed by atoms with Crippen LogP contribution in [0.1, 0.15) is 109 Å². The summed E-state index contributed by atoms with van der Waals surface area (Å²) >= 11 is 1.58. The lowest BCUT2D eigenvalue weighted by molar-refractivity contribution is -0.141. The van der Waals surface area contributed by atoms with Crippen LogP contribution in [0.25, 0.3) is 32.5 Å². The number of aliphatic hydroxyl groups excluding tert-OH is 1. The molecule has 6 heterocycles. The molecule has 366 valence electrons. The van der Waals surface area contributed by atoms with E-state index in [9.17, 15) is 32.7 Å². The van der Waals surface area contributed by atoms with Gasteiger partial charge in [0.2, 0.25) is 17.7 Å². The molecule has 1 saturated heterocycles. The third-order valence-electron chi connectivity index (χ3n) is 13.2. The number of aryl methyl sites for hydroxylation is 2. The van der Waals surface area contributed by atoms with E-state index in [1.807, 2.05) is 50.5 Å². The van der Waals surface area contributed by atoms with Crippen molar-refractivity contribution in [3.63, 3.8) is 0 Å². The van der Waals surface area contributed by atoms with Gasteiger partial charge >= 0.3 is 0 Å². The zero-order chi connectivity index (χ0) is 49.1. The highest BCUT2D eigenvalue weighted by molar-refractivity contribution is 7.89. The molecule has 4 aromatic heterocycles. The molecule has 69 heavy (non-hydrogen) atoms. The highest BCUT2D eigenvalue weighted by atomic mass is 32.2. The lowest BCUT2D eigenvalue weighted by atomic mass is 9.87. The van der Waals surface area contributed by atoms with Crippen LogP contribution < -0.4 is 26.7 Å². The van der Waals surface area contributed by atoms with Gasteiger partial charge in [-0.25, -0.2) is 13.4 Å². The first-order valence-corrected chi connectivity index (χ1v) is 26.4. The number of rotatable bonds is 20. The van der Waals surface area contributed by atoms with E-state index in [4.69, 9.17) is 15.0 Å². The number of carbonyl (C=O) groups excluding carboxylic acids is 3. The molecule has 0 aliphatic carbocycles. The van der Waals surface area contributed by atoms with Crippen molar-refractivity contribution in [1.29, 1.82) is 0 Å². The van der Waals surface area contributed by atoms with Gasteiger partial charge in [0, 0.05) is 85.6 Å². The number of aromatic amines is 1. The van der Waals surface area contributed by atoms with Crippen LogP contribution in [-0.2, 0) is 51.7 Å². The highest BCUT2D eigenvalue weighted by Crippen LogP contribution is 2.43. The number of thiazole rings is 1. The van der Waals surface area contributed by atoms with Gasteiger partial charge in [0.05, 0.1) is 34.5 Å². The van der Waals surface area contributed by atoms with Crippen molar-refractivity contribution >= 4 is 55.5 Å². The summed E-state index contributed by atoms with van der Waals surface area (Å²) < 4.78 is 38.7. The van der Waals surface area contributed by atoms with Crippen LogP contribution in [0.2, 0.25) is 0 Å². The number of H-pyrrole nitrogens is 1. The Balaban J connectivity index is 0.839. The van der Waals surface area contributed by atoms with Crippen LogP contribution in [0.3, 0.4) is 0 Å². The van der Waals surface area contributed by atoms with Gasteiger partial charge in [-0.15, -0.1) is 11.3 Å². The van der Waals surface area contributed by atoms with Crippen molar-refractivity contribution < 1.29 is 37.2 Å². The Labute approximate surface area is 404 Å². The molecule has 3 atom stereocenters. The summed E-state index contributed by atoms with van der Waals surface area (Å²) in [5.74, 6) is -2.09. The molecule has 19 heteroatoms. The van der Waals surface area contributed by atoms with Gasteiger partial charge in [0.25, 0.3) is 11.4 Å². The van der Waals surface area contributed by atoms with E-state index in [0.717, 1.165) is 94.1 Å². The number of likely N-dealkylation sites (tertiary alicyclic amines) is 1. The predicted octanol–water partition coefficient (Wildman–Crippen LogP) is 6.50. The molecule has 0 saturated carbocycles. The van der Waals surface area contributed by atoms with Crippen LogP contribution in [0.4, 0.5) is 5.69 Å². The maximum Gasteiger partial charge on any atom is 0.274 e. The largest absolute Gasteiger partial charge is 0.476 e. The Bertz CT molecular complexity index is 3040. The van der Waals surface area contributed by atoms with Crippen molar-refractivity contribution in [1.82, 2.24) is 29.9 Å². The number of hydrogen-bond donors (Lipinski definition) is 5. The smallest absolute Gasteiger partial charge is 0.274 e. The van der Waals surface area contributed by atoms with E-state index in [0.29, 0.717) is 42.1 Å². The molecule has 3 amide bonds. The molecule has 8 rings (SSSR count). The van der Waals surface area contributed by atoms with E-state index in [1.165, 1.54) is 9.47 Å². The van der Waals surface area contributed by atoms with Crippen molar-refractivity contribution in [2.45, 2.75) is 109 Å². The molecule has 2 aliphatic rings. The number of unbranched alkanes of at least 4 members (excludes halogenated alkanes) is 5. The van der Waals surface area contributed by atoms with Crippen LogP contribution >= 0.6 is 11.3 Å². The van der Waals surface area contributed by atoms with E-state index < -0.39 is 33.8 Å². The molecule has 17 nitrogen and oxygen atoms in total. The number of benzene rings is 2. The van der Waals surface area contributed by atoms with Gasteiger partial charge < -0.3 is 45.2 Å². The molecule has 0 unspecified atom stereocenters. The number of fused-ring (bicyclic) bond motifs is 2. The van der Waals surface area contributed by atoms with Crippen molar-refractivity contribution in [2.75, 3.05) is 24.7 Å². The average Bonchev–Trinajstić information content (AvgIpc) is 4.12. The Morgan fingerprint density at radius 2 is 1.81 bits per heavy atom. The first-order valence-electron chi connectivity index (χ1n) is 23.4. The van der Waals surface area contributed by atoms with E-state index in [2.05, 4.69) is 25.8 Å². The molecule has 6 aromatic rings. The molecular weight excluding hydrogens is 921 g/mol. The molecular formula is C50H60N8O9S2. The second-order valence-electron chi connectivity index (χ2n) is 18.7. The van der Waals surface area contributed by atoms with Crippen LogP contribution in [0.15, 0.2) is 63.6 Å². The molecule has 6 N–H and O–H groups in total. The van der Waals surface area contributed by atoms with E-state index in [1.54, 1.807) is 42.9 Å². The minimum atomic E-state index is -3.56. The Morgan fingerprint density at radius 1 is 1.07 bits per heavy atom. The van der Waals surface area contributed by atoms with Crippen LogP contribution in [0.5, 0.6) is 5.88 Å². The summed E-state index contributed by atoms with van der Waals surface area (Å²) in [6.45, 7) is 6.84. The number of nitrogens with two attached hydrogens (primary N) is 1. The normalized spacial score (nSPS) is 16.1. The number of primary amides is 1. The second-order valence-corrected chi connectivity index (χ2v) is 21.7. The topological polar surface area (TPSA) is 245 Å². The van der Waals surface area contributed by atoms with Crippen molar-refractivity contribution in [2.24, 2.45) is 18.7 Å². The zero-order valence-corrected chi connectivity index (χ0v) is 41.2. The van der Waals surface area contributed by atoms with Crippen molar-refractivity contribution in [3.05, 3.63) is 104 Å². The number of carbonyl (C=O) groups is 3. The number of aromatic nitrogens is 4. The summed E-state index contributed by atoms with van der Waals surface area (Å²) in [5, 5.41) is 21.9. The maximum atomic E-state index is 14.1. The fraction of sp³-hybridized carbons (Fsp3) is 0.440. The van der Waals surface area contributed by atoms with Gasteiger partial charge in [-0.3, -0.25) is 19.2 Å². The third-order valence-corrected chi connectivity index (χ3v) is 14.9. The van der Waals surface area contributed by atoms with Gasteiger partial charge in [0.15, 0.2) is 15.6 Å². The Hall–Kier alpha value is -6.31. The van der Waals surface area contributed by atoms with Crippen molar-refractivity contribution in [3.8, 4) is 27.4 Å². The van der Waals surface area contributed by atoms with Crippen LogP contribution in [-0.4, -0.2) is 87.4 Å². The standard InChI is InChI=1S/C50H60N8O9S2/c1-28(2)42(49(62)58-24-33(59)18-39(58)48(61)54-21-30-13-15-31(16-14-30)46-29(3)55-27-68-46)40-20-41(56-67-40)66-17-11-9-7-6-8-10-12-34-37(26-69(5,64)65)35(47(51)60)19-38-44(34)36-25-57(4)50(63)45-43(36)32(22-52-38)23-53-45/h13-16,19-20,23,25,27-28,33,39,42,52-53,59H,6-12,17-18,21-22,24,26H2,1-5H3,(H2,51,60)(H,54,61)/t33-,39+,42+/m1/s1. The summed E-state index contributed by atoms with van der Waals surface area (Å²) in [7, 11) is -1.88. The van der Waals surface area contributed by atoms with Gasteiger partial charge in [0.1, 0.15) is 17.5 Å². The second kappa shape index (κ2) is 20.7. The number of sulfone groups is 1. The number of pyridine rings is 1. The number of amides is 3. The number of hydrogen-bond acceptors (Lipinski definition) is 13. The maximum absolute atomic E-state index is 14.1. The SMILES string of the molecule is Cc1ncsc1-c1ccc(CNC(=O)[C@@H]2C[C@@H](O)CN2C(=O)[C@H](c2cc(OCCCCCCCCc3c(CS(C)(=O)=O)c(C(N)=O)cc4c3-c3cn(C)c(=O)c5[nH]cc(c35)CN4)no2)C(C)C)cc1. The van der Waals surface area contributed by atoms with E-state index >= 15 is 0 Å². The van der Waals surface area contributed by atoms with Gasteiger partial charge in [-0.05, 0) is 71.1 Å². The average molecular weight is 981 g/mol. The minimum absolute atomic E-state index is 0.0294. The molecule has 0 bridgehead atoms. The molecule has 2 aliphatic heterocycles. The monoisotopic (exact) mass is 980 g/mol. The molecule has 1 fully saturated rings. The molecule has 0 radical (unpaired) electrons. The summed E-state index contributed by atoms with van der Waals surface area (Å²) in [6, 6.07) is 10.3. The van der Waals surface area contributed by atoms with Gasteiger partial charge in [-0.1, -0.05) is 63.8 Å². The van der Waals surface area contributed by atoms with Gasteiger partial charge in [-0.2, -0.15) is 0 Å². The first kappa shape index (κ1) is 49.1. The van der Waals surface area contributed by atoms with E-state index in [-0.39, 0.29) is 60.0 Å². The first-order chi connectivity index (χ1) is 33.0. The number of β-amino-alcohol motifs (C(OH)–C–C–N with tert-alkyl or cyclic N) is 1. The molecule has 2 aromatic carbocycles. The summed E-state index contributed by atoms with van der Waals surface area (Å²) in [4.78, 5) is 63.6. The third kappa shape index (κ3) is 10.8. The van der Waals surface area contributed by atoms with Crippen LogP contribution in [0, 0.1) is 12.8 Å². The number of nitrogens with one attached hydrogen (secondary N) is 3. The number of ether oxygens (including phenoxy) is 1. The molecule has 0 spiro atoms. The Morgan fingerprint density at radius 3 is 2.51 bits per heavy atom. The fourth-order valence-electron chi connectivity index (χ4n) is 9.76. The summed E-state index contributed by atoms with van der Waals surface area (Å²) in [5.41, 5.74) is 15.3. The number of aliphatic hydroxyl groups is 1. The lowest BCUT2D eigenvalue weighted by Crippen LogP contribution is -2.48. The Kier molecular flexibility index (Phi) is 14.8. The predicted molar refractivity (Wildman–Crippen MR) is 265 cm³/mol. The number of nitrogens with zero attached hydrogens (tertiary/aromatic N) is 4. The highest BCUT2D eigenvalue weighted by Gasteiger charge is 2.43. The fourth-order valence-corrected chi connectivity index (χ4v) is 11.4. The summed E-state index contributed by atoms with van der Waals surface area (Å²) in [6.07, 6.45) is 9.50. The lowest BCUT2D eigenvalue weighted by Gasteiger charge is -2.28. The number of anilines is 1. The zero-order valence-electron chi connectivity index (χ0n) is 39.6. The minimum Gasteiger partial charge on any atom is -0.476 e. The quantitative estimate of drug-likeness (QED) is 0.0515.